The Morgan fingerprint density at radius 1 is 0.381 bits per heavy atom. The number of hydrogen-bond donors (Lipinski definition) is 2. The van der Waals surface area contributed by atoms with Crippen LogP contribution in [0.4, 0.5) is 0 Å². The van der Waals surface area contributed by atoms with E-state index in [1.807, 2.05) is 27.7 Å². The van der Waals surface area contributed by atoms with Crippen LogP contribution in [0.5, 0.6) is 0 Å². The van der Waals surface area contributed by atoms with Crippen LogP contribution >= 0.6 is 0 Å². The Balaban J connectivity index is 1.42. The average molecular weight is 547 g/mol. The van der Waals surface area contributed by atoms with Gasteiger partial charge < -0.3 is 10.2 Å². The van der Waals surface area contributed by atoms with Crippen LogP contribution in [0, 0.1) is 0 Å². The van der Waals surface area contributed by atoms with Crippen LogP contribution in [-0.2, 0) is 11.2 Å². The maximum absolute atomic E-state index is 11.1. The Morgan fingerprint density at radius 2 is 0.762 bits per heavy atom. The van der Waals surface area contributed by atoms with Gasteiger partial charge in [0.05, 0.1) is 11.2 Å². The summed E-state index contributed by atoms with van der Waals surface area (Å²) < 4.78 is 0. The van der Waals surface area contributed by atoms with Crippen LogP contribution in [0.2, 0.25) is 0 Å². The zero-order chi connectivity index (χ0) is 29.2. The SMILES string of the molecule is CC(C)(O)c1ccc2ccccc2c1-c1ccc2cc3cc(-c4c(C(C)(C)O)ccc5ccccc45)ccc3cc2c1. The van der Waals surface area contributed by atoms with Crippen molar-refractivity contribution in [2.75, 3.05) is 0 Å². The van der Waals surface area contributed by atoms with E-state index in [-0.39, 0.29) is 0 Å². The van der Waals surface area contributed by atoms with Crippen molar-refractivity contribution in [1.29, 1.82) is 0 Å². The molecule has 0 saturated heterocycles. The van der Waals surface area contributed by atoms with Gasteiger partial charge in [-0.1, -0.05) is 97.1 Å². The van der Waals surface area contributed by atoms with Gasteiger partial charge in [-0.25, -0.2) is 0 Å². The molecule has 0 bridgehead atoms. The second-order valence-electron chi connectivity index (χ2n) is 12.5. The van der Waals surface area contributed by atoms with Gasteiger partial charge in [0.15, 0.2) is 0 Å². The number of fused-ring (bicyclic) bond motifs is 4. The lowest BCUT2D eigenvalue weighted by Gasteiger charge is -2.24. The molecule has 0 spiro atoms. The smallest absolute Gasteiger partial charge is 0.0846 e. The first-order valence-electron chi connectivity index (χ1n) is 14.6. The summed E-state index contributed by atoms with van der Waals surface area (Å²) in [6.45, 7) is 7.41. The monoisotopic (exact) mass is 546 g/mol. The van der Waals surface area contributed by atoms with Crippen molar-refractivity contribution >= 4 is 43.1 Å². The molecule has 7 aromatic carbocycles. The minimum atomic E-state index is -0.974. The predicted molar refractivity (Wildman–Crippen MR) is 178 cm³/mol. The van der Waals surface area contributed by atoms with E-state index in [1.165, 1.54) is 0 Å². The zero-order valence-corrected chi connectivity index (χ0v) is 24.4. The molecule has 0 heterocycles. The molecule has 0 aromatic heterocycles. The summed E-state index contributed by atoms with van der Waals surface area (Å²) in [6, 6.07) is 42.8. The lowest BCUT2D eigenvalue weighted by atomic mass is 9.84. The largest absolute Gasteiger partial charge is 0.386 e. The van der Waals surface area contributed by atoms with E-state index in [1.54, 1.807) is 0 Å². The highest BCUT2D eigenvalue weighted by atomic mass is 16.3. The summed E-state index contributed by atoms with van der Waals surface area (Å²) in [5.74, 6) is 0. The Hall–Kier alpha value is -4.50. The lowest BCUT2D eigenvalue weighted by Crippen LogP contribution is -2.17. The van der Waals surface area contributed by atoms with E-state index in [2.05, 4.69) is 121 Å². The molecule has 0 amide bonds. The third-order valence-electron chi connectivity index (χ3n) is 8.55. The van der Waals surface area contributed by atoms with Gasteiger partial charge >= 0.3 is 0 Å². The maximum atomic E-state index is 11.1. The standard InChI is InChI=1S/C40H34O2/c1-39(2,41)35-19-17-25-9-5-7-11-33(25)37(35)29-15-13-27-22-32-24-30(16-14-28(32)21-31(27)23-29)38-34-12-8-6-10-26(34)18-20-36(38)40(3,4)42/h5-24,41-42H,1-4H3. The van der Waals surface area contributed by atoms with Crippen molar-refractivity contribution in [2.45, 2.75) is 38.9 Å². The van der Waals surface area contributed by atoms with Gasteiger partial charge in [-0.15, -0.1) is 0 Å². The summed E-state index contributed by atoms with van der Waals surface area (Å²) in [6.07, 6.45) is 0. The molecule has 0 fully saturated rings. The first-order valence-corrected chi connectivity index (χ1v) is 14.6. The molecule has 206 valence electrons. The van der Waals surface area contributed by atoms with Crippen molar-refractivity contribution < 1.29 is 10.2 Å². The summed E-state index contributed by atoms with van der Waals surface area (Å²) >= 11 is 0. The average Bonchev–Trinajstić information content (AvgIpc) is 2.97. The molecule has 2 N–H and O–H groups in total. The second-order valence-corrected chi connectivity index (χ2v) is 12.5. The fourth-order valence-corrected chi connectivity index (χ4v) is 6.49. The Morgan fingerprint density at radius 3 is 1.17 bits per heavy atom. The summed E-state index contributed by atoms with van der Waals surface area (Å²) in [5, 5.41) is 31.4. The van der Waals surface area contributed by atoms with Gasteiger partial charge in [0.1, 0.15) is 0 Å². The van der Waals surface area contributed by atoms with Gasteiger partial charge in [0, 0.05) is 0 Å². The fraction of sp³-hybridized carbons (Fsp3) is 0.150. The van der Waals surface area contributed by atoms with Crippen molar-refractivity contribution in [2.24, 2.45) is 0 Å². The summed E-state index contributed by atoms with van der Waals surface area (Å²) in [4.78, 5) is 0. The maximum Gasteiger partial charge on any atom is 0.0846 e. The molecule has 0 aliphatic heterocycles. The highest BCUT2D eigenvalue weighted by Crippen LogP contribution is 2.41. The number of benzene rings is 7. The third kappa shape index (κ3) is 4.44. The molecule has 0 atom stereocenters. The van der Waals surface area contributed by atoms with E-state index in [0.29, 0.717) is 0 Å². The molecule has 0 aliphatic carbocycles. The van der Waals surface area contributed by atoms with Crippen LogP contribution in [0.15, 0.2) is 121 Å². The molecule has 2 nitrogen and oxygen atoms in total. The summed E-state index contributed by atoms with van der Waals surface area (Å²) in [7, 11) is 0. The van der Waals surface area contributed by atoms with Crippen LogP contribution in [0.25, 0.3) is 65.3 Å². The van der Waals surface area contributed by atoms with Crippen molar-refractivity contribution in [3.63, 3.8) is 0 Å². The van der Waals surface area contributed by atoms with Crippen LogP contribution in [0.3, 0.4) is 0 Å². The van der Waals surface area contributed by atoms with Gasteiger partial charge in [0.25, 0.3) is 0 Å². The molecule has 7 aromatic rings. The molecule has 0 unspecified atom stereocenters. The van der Waals surface area contributed by atoms with Crippen molar-refractivity contribution in [1.82, 2.24) is 0 Å². The predicted octanol–water partition coefficient (Wildman–Crippen LogP) is 10.1. The molecule has 0 saturated carbocycles. The quantitative estimate of drug-likeness (QED) is 0.216. The minimum absolute atomic E-state index is 0.920. The number of rotatable bonds is 4. The Labute approximate surface area is 246 Å². The van der Waals surface area contributed by atoms with Gasteiger partial charge in [0.2, 0.25) is 0 Å². The van der Waals surface area contributed by atoms with Gasteiger partial charge in [-0.05, 0) is 128 Å². The second kappa shape index (κ2) is 9.52. The first-order chi connectivity index (χ1) is 20.1. The first kappa shape index (κ1) is 26.4. The number of hydrogen-bond acceptors (Lipinski definition) is 2. The number of aliphatic hydroxyl groups is 2. The molecule has 2 heteroatoms. The molecular formula is C40H34O2. The van der Waals surface area contributed by atoms with Crippen LogP contribution in [0.1, 0.15) is 38.8 Å². The van der Waals surface area contributed by atoms with Crippen molar-refractivity contribution in [3.8, 4) is 22.3 Å². The van der Waals surface area contributed by atoms with E-state index < -0.39 is 11.2 Å². The Kier molecular flexibility index (Phi) is 5.99. The molecule has 42 heavy (non-hydrogen) atoms. The Bertz CT molecular complexity index is 2000. The van der Waals surface area contributed by atoms with Crippen LogP contribution in [-0.4, -0.2) is 10.2 Å². The molecular weight excluding hydrogens is 512 g/mol. The molecule has 7 rings (SSSR count). The third-order valence-corrected chi connectivity index (χ3v) is 8.55. The van der Waals surface area contributed by atoms with E-state index in [9.17, 15) is 10.2 Å². The lowest BCUT2D eigenvalue weighted by molar-refractivity contribution is 0.0787. The normalized spacial score (nSPS) is 12.5. The fourth-order valence-electron chi connectivity index (χ4n) is 6.49. The van der Waals surface area contributed by atoms with Gasteiger partial charge in [-0.3, -0.25) is 0 Å². The van der Waals surface area contributed by atoms with Crippen molar-refractivity contribution in [3.05, 3.63) is 132 Å². The molecule has 0 radical (unpaired) electrons. The zero-order valence-electron chi connectivity index (χ0n) is 24.4. The van der Waals surface area contributed by atoms with E-state index >= 15 is 0 Å². The molecule has 0 aliphatic rings. The van der Waals surface area contributed by atoms with E-state index in [0.717, 1.165) is 76.5 Å². The van der Waals surface area contributed by atoms with E-state index in [4.69, 9.17) is 0 Å². The highest BCUT2D eigenvalue weighted by Gasteiger charge is 2.24. The van der Waals surface area contributed by atoms with Crippen LogP contribution < -0.4 is 0 Å². The minimum Gasteiger partial charge on any atom is -0.386 e. The van der Waals surface area contributed by atoms with Gasteiger partial charge in [-0.2, -0.15) is 0 Å². The highest BCUT2D eigenvalue weighted by molar-refractivity contribution is 6.06. The summed E-state index contributed by atoms with van der Waals surface area (Å²) in [5.41, 5.74) is 4.24. The topological polar surface area (TPSA) is 40.5 Å².